The number of aliphatic imine (C=N–C) groups is 1. The van der Waals surface area contributed by atoms with Crippen LogP contribution < -0.4 is 10.2 Å². The van der Waals surface area contributed by atoms with Crippen molar-refractivity contribution in [1.82, 2.24) is 9.97 Å². The second kappa shape index (κ2) is 8.60. The average molecular weight is 442 g/mol. The number of hydrogen-bond donors (Lipinski definition) is 1. The molecule has 1 aliphatic heterocycles. The maximum absolute atomic E-state index is 6.18. The smallest absolute Gasteiger partial charge is 0.148 e. The van der Waals surface area contributed by atoms with E-state index in [0.717, 1.165) is 28.5 Å². The molecule has 6 heteroatoms. The Morgan fingerprint density at radius 2 is 1.91 bits per heavy atom. The fraction of sp³-hybridized carbons (Fsp3) is 0.192. The largest absolute Gasteiger partial charge is 0.337 e. The van der Waals surface area contributed by atoms with E-state index in [0.29, 0.717) is 5.82 Å². The van der Waals surface area contributed by atoms with Gasteiger partial charge >= 0.3 is 0 Å². The van der Waals surface area contributed by atoms with Gasteiger partial charge in [0.25, 0.3) is 0 Å². The van der Waals surface area contributed by atoms with Crippen molar-refractivity contribution in [3.8, 4) is 0 Å². The van der Waals surface area contributed by atoms with Crippen LogP contribution >= 0.6 is 11.6 Å². The van der Waals surface area contributed by atoms with Crippen molar-refractivity contribution in [2.75, 3.05) is 10.2 Å². The van der Waals surface area contributed by atoms with Crippen molar-refractivity contribution in [3.05, 3.63) is 101 Å². The van der Waals surface area contributed by atoms with Crippen molar-refractivity contribution in [2.24, 2.45) is 10.9 Å². The molecule has 1 aromatic heterocycles. The predicted octanol–water partition coefficient (Wildman–Crippen LogP) is 6.18. The number of halogens is 1. The maximum Gasteiger partial charge on any atom is 0.148 e. The van der Waals surface area contributed by atoms with Gasteiger partial charge in [-0.1, -0.05) is 29.8 Å². The number of para-hydroxylation sites is 1. The summed E-state index contributed by atoms with van der Waals surface area (Å²) >= 11 is 6.18. The molecule has 0 spiro atoms. The molecule has 0 saturated carbocycles. The van der Waals surface area contributed by atoms with Crippen LogP contribution in [0.4, 0.5) is 17.2 Å². The van der Waals surface area contributed by atoms with Crippen molar-refractivity contribution >= 4 is 34.5 Å². The number of aromatic nitrogens is 2. The molecule has 0 bridgehead atoms. The fourth-order valence-electron chi connectivity index (χ4n) is 4.24. The van der Waals surface area contributed by atoms with Crippen LogP contribution in [0.2, 0.25) is 5.02 Å². The maximum atomic E-state index is 6.18. The molecule has 32 heavy (non-hydrogen) atoms. The summed E-state index contributed by atoms with van der Waals surface area (Å²) in [7, 11) is 0. The van der Waals surface area contributed by atoms with Crippen molar-refractivity contribution < 1.29 is 0 Å². The highest BCUT2D eigenvalue weighted by molar-refractivity contribution is 6.30. The highest BCUT2D eigenvalue weighted by Crippen LogP contribution is 2.44. The normalized spacial score (nSPS) is 18.7. The van der Waals surface area contributed by atoms with E-state index in [4.69, 9.17) is 16.6 Å². The van der Waals surface area contributed by atoms with E-state index in [1.165, 1.54) is 16.9 Å². The number of nitrogens with zero attached hydrogens (tertiary/aromatic N) is 4. The van der Waals surface area contributed by atoms with Gasteiger partial charge < -0.3 is 10.2 Å². The fourth-order valence-corrected chi connectivity index (χ4v) is 4.36. The molecule has 1 atom stereocenters. The van der Waals surface area contributed by atoms with Gasteiger partial charge in [-0.2, -0.15) is 0 Å². The topological polar surface area (TPSA) is 53.4 Å². The molecule has 2 aromatic carbocycles. The zero-order chi connectivity index (χ0) is 22.1. The molecular weight excluding hydrogens is 418 g/mol. The third-order valence-electron chi connectivity index (χ3n) is 5.55. The molecule has 0 amide bonds. The SMILES string of the molecule is CC(C)N=C1C=C2C(C=C1Nc1cnccn1)Cc1ccccc1N2c1ccc(Cl)cc1. The Hall–Kier alpha value is -3.44. The quantitative estimate of drug-likeness (QED) is 0.525. The van der Waals surface area contributed by atoms with Gasteiger partial charge in [-0.3, -0.25) is 9.98 Å². The number of nitrogens with one attached hydrogen (secondary N) is 1. The number of allylic oxidation sites excluding steroid dienone is 2. The molecule has 1 N–H and O–H groups in total. The zero-order valence-corrected chi connectivity index (χ0v) is 18.8. The van der Waals surface area contributed by atoms with Crippen LogP contribution in [0.1, 0.15) is 19.4 Å². The van der Waals surface area contributed by atoms with E-state index in [1.807, 2.05) is 12.1 Å². The van der Waals surface area contributed by atoms with E-state index in [-0.39, 0.29) is 12.0 Å². The first-order valence-electron chi connectivity index (χ1n) is 10.8. The Kier molecular flexibility index (Phi) is 5.50. The van der Waals surface area contributed by atoms with Gasteiger partial charge in [0.1, 0.15) is 5.82 Å². The first kappa shape index (κ1) is 20.5. The van der Waals surface area contributed by atoms with Gasteiger partial charge in [-0.15, -0.1) is 0 Å². The van der Waals surface area contributed by atoms with E-state index in [9.17, 15) is 0 Å². The summed E-state index contributed by atoms with van der Waals surface area (Å²) in [6.45, 7) is 4.18. The van der Waals surface area contributed by atoms with Crippen LogP contribution in [-0.4, -0.2) is 21.7 Å². The molecule has 5 nitrogen and oxygen atoms in total. The summed E-state index contributed by atoms with van der Waals surface area (Å²) in [5.74, 6) is 0.906. The van der Waals surface area contributed by atoms with Gasteiger partial charge in [0, 0.05) is 46.4 Å². The monoisotopic (exact) mass is 441 g/mol. The zero-order valence-electron chi connectivity index (χ0n) is 18.0. The first-order valence-corrected chi connectivity index (χ1v) is 11.1. The third-order valence-corrected chi connectivity index (χ3v) is 5.80. The van der Waals surface area contributed by atoms with E-state index >= 15 is 0 Å². The van der Waals surface area contributed by atoms with Gasteiger partial charge in [0.2, 0.25) is 0 Å². The van der Waals surface area contributed by atoms with Gasteiger partial charge in [-0.25, -0.2) is 4.98 Å². The molecule has 2 aliphatic rings. The molecule has 2 heterocycles. The molecule has 160 valence electrons. The lowest BCUT2D eigenvalue weighted by atomic mass is 9.84. The molecule has 0 fully saturated rings. The summed E-state index contributed by atoms with van der Waals surface area (Å²) < 4.78 is 0. The highest BCUT2D eigenvalue weighted by Gasteiger charge is 2.33. The number of rotatable bonds is 4. The van der Waals surface area contributed by atoms with Crippen LogP contribution in [0.15, 0.2) is 95.7 Å². The number of anilines is 3. The van der Waals surface area contributed by atoms with E-state index in [2.05, 4.69) is 82.6 Å². The minimum atomic E-state index is 0.158. The average Bonchev–Trinajstić information content (AvgIpc) is 2.79. The summed E-state index contributed by atoms with van der Waals surface area (Å²) in [6.07, 6.45) is 10.5. The van der Waals surface area contributed by atoms with Crippen LogP contribution in [-0.2, 0) is 6.42 Å². The number of hydrogen-bond acceptors (Lipinski definition) is 5. The molecule has 3 aromatic rings. The highest BCUT2D eigenvalue weighted by atomic mass is 35.5. The van der Waals surface area contributed by atoms with Gasteiger partial charge in [-0.05, 0) is 68.3 Å². The van der Waals surface area contributed by atoms with Crippen LogP contribution in [0.25, 0.3) is 0 Å². The summed E-state index contributed by atoms with van der Waals surface area (Å²) in [4.78, 5) is 15.8. The number of benzene rings is 2. The summed E-state index contributed by atoms with van der Waals surface area (Å²) in [5.41, 5.74) is 6.66. The standard InChI is InChI=1S/C26H24ClN5/c1-17(2)30-23-15-25-19(14-22(23)31-26-16-28-11-12-29-26)13-18-5-3-4-6-24(18)32(25)21-9-7-20(27)8-10-21/h3-12,14-17,19H,13H2,1-2H3,(H,29,31). The second-order valence-corrected chi connectivity index (χ2v) is 8.66. The van der Waals surface area contributed by atoms with Crippen molar-refractivity contribution in [2.45, 2.75) is 26.3 Å². The van der Waals surface area contributed by atoms with Crippen LogP contribution in [0, 0.1) is 5.92 Å². The molecule has 0 radical (unpaired) electrons. The minimum Gasteiger partial charge on any atom is -0.337 e. The lowest BCUT2D eigenvalue weighted by Gasteiger charge is -2.40. The Labute approximate surface area is 193 Å². The van der Waals surface area contributed by atoms with Crippen LogP contribution in [0.3, 0.4) is 0 Å². The molecular formula is C26H24ClN5. The van der Waals surface area contributed by atoms with Crippen molar-refractivity contribution in [3.63, 3.8) is 0 Å². The molecule has 5 rings (SSSR count). The van der Waals surface area contributed by atoms with Crippen LogP contribution in [0.5, 0.6) is 0 Å². The van der Waals surface area contributed by atoms with Crippen molar-refractivity contribution in [1.29, 1.82) is 0 Å². The summed E-state index contributed by atoms with van der Waals surface area (Å²) in [6, 6.07) is 16.7. The van der Waals surface area contributed by atoms with E-state index in [1.54, 1.807) is 18.6 Å². The third kappa shape index (κ3) is 4.04. The van der Waals surface area contributed by atoms with Gasteiger partial charge in [0.15, 0.2) is 0 Å². The lowest BCUT2D eigenvalue weighted by Crippen LogP contribution is -2.33. The first-order chi connectivity index (χ1) is 15.6. The Morgan fingerprint density at radius 3 is 2.66 bits per heavy atom. The molecule has 0 saturated heterocycles. The predicted molar refractivity (Wildman–Crippen MR) is 132 cm³/mol. The lowest BCUT2D eigenvalue weighted by molar-refractivity contribution is 0.698. The second-order valence-electron chi connectivity index (χ2n) is 8.22. The minimum absolute atomic E-state index is 0.158. The van der Waals surface area contributed by atoms with E-state index < -0.39 is 0 Å². The Morgan fingerprint density at radius 1 is 1.09 bits per heavy atom. The Bertz CT molecular complexity index is 1210. The number of fused-ring (bicyclic) bond motifs is 2. The Balaban J connectivity index is 1.63. The summed E-state index contributed by atoms with van der Waals surface area (Å²) in [5, 5.41) is 4.16. The van der Waals surface area contributed by atoms with Gasteiger partial charge in [0.05, 0.1) is 17.6 Å². The molecule has 1 aliphatic carbocycles. The molecule has 1 unspecified atom stereocenters.